The summed E-state index contributed by atoms with van der Waals surface area (Å²) in [6.45, 7) is 0. The molecule has 1 unspecified atom stereocenters. The second-order valence-electron chi connectivity index (χ2n) is 3.47. The van der Waals surface area contributed by atoms with E-state index < -0.39 is 11.6 Å². The van der Waals surface area contributed by atoms with Crippen molar-refractivity contribution in [2.45, 2.75) is 18.4 Å². The van der Waals surface area contributed by atoms with Crippen molar-refractivity contribution in [1.29, 1.82) is 0 Å². The van der Waals surface area contributed by atoms with Crippen LogP contribution in [-0.2, 0) is 16.8 Å². The Morgan fingerprint density at radius 1 is 1.50 bits per heavy atom. The molecule has 4 heteroatoms. The normalized spacial score (nSPS) is 24.7. The number of hydrogen-bond donors (Lipinski definition) is 2. The minimum absolute atomic E-state index is 0.220. The van der Waals surface area contributed by atoms with Gasteiger partial charge in [0.05, 0.1) is 0 Å². The molecule has 0 fully saturated rings. The van der Waals surface area contributed by atoms with Crippen molar-refractivity contribution in [3.63, 3.8) is 0 Å². The van der Waals surface area contributed by atoms with E-state index in [1.165, 1.54) is 6.07 Å². The summed E-state index contributed by atoms with van der Waals surface area (Å²) in [6, 6.07) is 4.99. The molecule has 0 bridgehead atoms. The molecule has 0 saturated carbocycles. The van der Waals surface area contributed by atoms with Gasteiger partial charge in [-0.25, -0.2) is 4.79 Å². The summed E-state index contributed by atoms with van der Waals surface area (Å²) in [4.78, 5) is 10.9. The topological polar surface area (TPSA) is 57.5 Å². The molecule has 1 aromatic rings. The van der Waals surface area contributed by atoms with E-state index in [0.717, 1.165) is 5.56 Å². The molecule has 0 amide bonds. The van der Waals surface area contributed by atoms with Crippen LogP contribution in [0.5, 0.6) is 0 Å². The lowest BCUT2D eigenvalue weighted by Crippen LogP contribution is -2.32. The maximum atomic E-state index is 10.9. The van der Waals surface area contributed by atoms with Crippen LogP contribution in [0.15, 0.2) is 18.2 Å². The van der Waals surface area contributed by atoms with E-state index in [2.05, 4.69) is 0 Å². The zero-order valence-corrected chi connectivity index (χ0v) is 8.08. The molecule has 1 aliphatic carbocycles. The highest BCUT2D eigenvalue weighted by Crippen LogP contribution is 2.38. The minimum atomic E-state index is -1.75. The zero-order chi connectivity index (χ0) is 10.3. The Morgan fingerprint density at radius 3 is 2.86 bits per heavy atom. The maximum Gasteiger partial charge on any atom is 0.340 e. The third-order valence-corrected chi connectivity index (χ3v) is 2.86. The number of carboxylic acid groups (broad SMARTS) is 1. The van der Waals surface area contributed by atoms with Crippen molar-refractivity contribution in [1.82, 2.24) is 0 Å². The molecule has 0 saturated heterocycles. The van der Waals surface area contributed by atoms with Gasteiger partial charge < -0.3 is 10.2 Å². The predicted octanol–water partition coefficient (Wildman–Crippen LogP) is 1.56. The number of fused-ring (bicyclic) bond motifs is 1. The molecule has 1 atom stereocenters. The molecule has 1 aliphatic rings. The highest BCUT2D eigenvalue weighted by molar-refractivity contribution is 6.30. The number of aliphatic hydroxyl groups is 1. The number of aliphatic carboxylic acids is 1. The molecule has 74 valence electrons. The zero-order valence-electron chi connectivity index (χ0n) is 7.33. The van der Waals surface area contributed by atoms with E-state index >= 15 is 0 Å². The van der Waals surface area contributed by atoms with Crippen LogP contribution in [0.1, 0.15) is 17.5 Å². The highest BCUT2D eigenvalue weighted by atomic mass is 35.5. The Bertz CT molecular complexity index is 402. The Balaban J connectivity index is 2.58. The second-order valence-corrected chi connectivity index (χ2v) is 3.90. The van der Waals surface area contributed by atoms with E-state index in [4.69, 9.17) is 16.7 Å². The van der Waals surface area contributed by atoms with Gasteiger partial charge in [0.2, 0.25) is 0 Å². The first-order valence-electron chi connectivity index (χ1n) is 4.29. The standard InChI is InChI=1S/C10H9ClO3/c11-7-2-1-6-3-4-10(14,9(12)13)8(6)5-7/h1-2,5,14H,3-4H2,(H,12,13). The van der Waals surface area contributed by atoms with Crippen LogP contribution in [0.3, 0.4) is 0 Å². The van der Waals surface area contributed by atoms with Gasteiger partial charge in [0.25, 0.3) is 0 Å². The first-order valence-corrected chi connectivity index (χ1v) is 4.66. The summed E-state index contributed by atoms with van der Waals surface area (Å²) in [5.74, 6) is -1.21. The van der Waals surface area contributed by atoms with Gasteiger partial charge in [-0.2, -0.15) is 0 Å². The van der Waals surface area contributed by atoms with Gasteiger partial charge in [-0.1, -0.05) is 17.7 Å². The predicted molar refractivity (Wildman–Crippen MR) is 51.3 cm³/mol. The summed E-state index contributed by atoms with van der Waals surface area (Å²) >= 11 is 5.75. The molecular formula is C10H9ClO3. The average Bonchev–Trinajstić information content (AvgIpc) is 2.46. The fraction of sp³-hybridized carbons (Fsp3) is 0.300. The van der Waals surface area contributed by atoms with E-state index in [9.17, 15) is 9.90 Å². The lowest BCUT2D eigenvalue weighted by atomic mass is 9.96. The number of benzene rings is 1. The number of rotatable bonds is 1. The van der Waals surface area contributed by atoms with E-state index in [0.29, 0.717) is 17.0 Å². The molecule has 2 N–H and O–H groups in total. The van der Waals surface area contributed by atoms with Gasteiger partial charge in [-0.15, -0.1) is 0 Å². The summed E-state index contributed by atoms with van der Waals surface area (Å²) in [6.07, 6.45) is 0.799. The van der Waals surface area contributed by atoms with Gasteiger partial charge in [0.15, 0.2) is 5.60 Å². The van der Waals surface area contributed by atoms with Crippen LogP contribution in [0.4, 0.5) is 0 Å². The molecule has 3 nitrogen and oxygen atoms in total. The molecule has 0 heterocycles. The number of carbonyl (C=O) groups is 1. The van der Waals surface area contributed by atoms with Gasteiger partial charge in [-0.3, -0.25) is 0 Å². The third kappa shape index (κ3) is 1.21. The van der Waals surface area contributed by atoms with Crippen LogP contribution >= 0.6 is 11.6 Å². The maximum absolute atomic E-state index is 10.9. The first-order chi connectivity index (χ1) is 6.54. The third-order valence-electron chi connectivity index (χ3n) is 2.63. The van der Waals surface area contributed by atoms with E-state index in [-0.39, 0.29) is 6.42 Å². The first kappa shape index (κ1) is 9.49. The van der Waals surface area contributed by atoms with Crippen molar-refractivity contribution in [3.8, 4) is 0 Å². The average molecular weight is 213 g/mol. The summed E-state index contributed by atoms with van der Waals surface area (Å²) in [5.41, 5.74) is -0.461. The summed E-state index contributed by atoms with van der Waals surface area (Å²) in [7, 11) is 0. The Kier molecular flexibility index (Phi) is 2.01. The van der Waals surface area contributed by atoms with Crippen molar-refractivity contribution in [2.24, 2.45) is 0 Å². The van der Waals surface area contributed by atoms with Gasteiger partial charge >= 0.3 is 5.97 Å². The smallest absolute Gasteiger partial charge is 0.340 e. The molecule has 14 heavy (non-hydrogen) atoms. The number of hydrogen-bond acceptors (Lipinski definition) is 2. The van der Waals surface area contributed by atoms with Crippen LogP contribution in [-0.4, -0.2) is 16.2 Å². The van der Waals surface area contributed by atoms with Gasteiger partial charge in [0, 0.05) is 5.02 Å². The fourth-order valence-electron chi connectivity index (χ4n) is 1.82. The fourth-order valence-corrected chi connectivity index (χ4v) is 2.00. The van der Waals surface area contributed by atoms with Crippen molar-refractivity contribution >= 4 is 17.6 Å². The van der Waals surface area contributed by atoms with Crippen molar-refractivity contribution in [3.05, 3.63) is 34.3 Å². The molecule has 0 aliphatic heterocycles. The second kappa shape index (κ2) is 2.97. The molecule has 0 radical (unpaired) electrons. The van der Waals surface area contributed by atoms with Crippen molar-refractivity contribution < 1.29 is 15.0 Å². The van der Waals surface area contributed by atoms with E-state index in [1.807, 2.05) is 0 Å². The lowest BCUT2D eigenvalue weighted by Gasteiger charge is -2.18. The Morgan fingerprint density at radius 2 is 2.21 bits per heavy atom. The Hall–Kier alpha value is -1.06. The molecule has 0 spiro atoms. The number of aryl methyl sites for hydroxylation is 1. The SMILES string of the molecule is O=C(O)C1(O)CCc2ccc(Cl)cc21. The Labute approximate surface area is 85.9 Å². The van der Waals surface area contributed by atoms with Crippen LogP contribution in [0, 0.1) is 0 Å². The largest absolute Gasteiger partial charge is 0.479 e. The summed E-state index contributed by atoms with van der Waals surface area (Å²) in [5, 5.41) is 19.3. The molecule has 0 aromatic heterocycles. The van der Waals surface area contributed by atoms with Gasteiger partial charge in [-0.05, 0) is 36.1 Å². The summed E-state index contributed by atoms with van der Waals surface area (Å²) < 4.78 is 0. The lowest BCUT2D eigenvalue weighted by molar-refractivity contribution is -0.159. The van der Waals surface area contributed by atoms with Crippen LogP contribution < -0.4 is 0 Å². The van der Waals surface area contributed by atoms with Crippen LogP contribution in [0.25, 0.3) is 0 Å². The van der Waals surface area contributed by atoms with Crippen LogP contribution in [0.2, 0.25) is 5.02 Å². The van der Waals surface area contributed by atoms with E-state index in [1.54, 1.807) is 12.1 Å². The minimum Gasteiger partial charge on any atom is -0.479 e. The van der Waals surface area contributed by atoms with Crippen molar-refractivity contribution in [2.75, 3.05) is 0 Å². The number of carboxylic acids is 1. The molecule has 2 rings (SSSR count). The quantitative estimate of drug-likeness (QED) is 0.743. The highest BCUT2D eigenvalue weighted by Gasteiger charge is 2.43. The van der Waals surface area contributed by atoms with Gasteiger partial charge in [0.1, 0.15) is 0 Å². The molecule has 1 aromatic carbocycles. The monoisotopic (exact) mass is 212 g/mol. The number of halogens is 1. The molecular weight excluding hydrogens is 204 g/mol.